The van der Waals surface area contributed by atoms with Gasteiger partial charge < -0.3 is 15.1 Å². The number of nitrogens with one attached hydrogen (secondary N) is 1. The third kappa shape index (κ3) is 3.69. The SMILES string of the molecule is Cl.O=C(CN1CCCC1=O)N1CCC2(CCNCC2)CC1. The number of likely N-dealkylation sites (tertiary alicyclic amines) is 2. The van der Waals surface area contributed by atoms with E-state index in [2.05, 4.69) is 5.32 Å². The molecule has 120 valence electrons. The number of hydrogen-bond donors (Lipinski definition) is 1. The molecule has 0 radical (unpaired) electrons. The zero-order valence-electron chi connectivity index (χ0n) is 12.6. The fourth-order valence-electron chi connectivity index (χ4n) is 3.82. The van der Waals surface area contributed by atoms with Crippen molar-refractivity contribution in [1.29, 1.82) is 0 Å². The minimum atomic E-state index is 0. The van der Waals surface area contributed by atoms with Crippen molar-refractivity contribution in [3.05, 3.63) is 0 Å². The van der Waals surface area contributed by atoms with E-state index in [9.17, 15) is 9.59 Å². The fourth-order valence-corrected chi connectivity index (χ4v) is 3.82. The maximum absolute atomic E-state index is 12.3. The highest BCUT2D eigenvalue weighted by atomic mass is 35.5. The highest BCUT2D eigenvalue weighted by molar-refractivity contribution is 5.86. The van der Waals surface area contributed by atoms with Crippen molar-refractivity contribution in [1.82, 2.24) is 15.1 Å². The number of amides is 2. The van der Waals surface area contributed by atoms with Crippen LogP contribution in [0.5, 0.6) is 0 Å². The first-order valence-corrected chi connectivity index (χ1v) is 7.95. The largest absolute Gasteiger partial charge is 0.341 e. The van der Waals surface area contributed by atoms with Gasteiger partial charge in [-0.25, -0.2) is 0 Å². The summed E-state index contributed by atoms with van der Waals surface area (Å²) in [7, 11) is 0. The molecule has 6 heteroatoms. The Labute approximate surface area is 132 Å². The normalized spacial score (nSPS) is 25.0. The molecule has 21 heavy (non-hydrogen) atoms. The van der Waals surface area contributed by atoms with Gasteiger partial charge in [0.05, 0.1) is 6.54 Å². The number of nitrogens with zero attached hydrogens (tertiary/aromatic N) is 2. The lowest BCUT2D eigenvalue weighted by molar-refractivity contribution is -0.140. The number of carbonyl (C=O) groups is 2. The van der Waals surface area contributed by atoms with E-state index >= 15 is 0 Å². The van der Waals surface area contributed by atoms with Gasteiger partial charge in [0.1, 0.15) is 0 Å². The van der Waals surface area contributed by atoms with E-state index in [1.54, 1.807) is 4.90 Å². The van der Waals surface area contributed by atoms with Crippen LogP contribution in [0, 0.1) is 5.41 Å². The van der Waals surface area contributed by atoms with Gasteiger partial charge in [0.15, 0.2) is 0 Å². The fraction of sp³-hybridized carbons (Fsp3) is 0.867. The Balaban J connectivity index is 0.00000161. The van der Waals surface area contributed by atoms with Crippen molar-refractivity contribution in [2.75, 3.05) is 39.3 Å². The van der Waals surface area contributed by atoms with E-state index in [0.29, 0.717) is 18.4 Å². The third-order valence-corrected chi connectivity index (χ3v) is 5.34. The summed E-state index contributed by atoms with van der Waals surface area (Å²) in [4.78, 5) is 27.6. The van der Waals surface area contributed by atoms with E-state index < -0.39 is 0 Å². The summed E-state index contributed by atoms with van der Waals surface area (Å²) in [5, 5.41) is 3.42. The Morgan fingerprint density at radius 3 is 2.33 bits per heavy atom. The molecule has 0 atom stereocenters. The van der Waals surface area contributed by atoms with Crippen LogP contribution in [-0.2, 0) is 9.59 Å². The molecule has 3 fully saturated rings. The summed E-state index contributed by atoms with van der Waals surface area (Å²) in [6.45, 7) is 5.05. The van der Waals surface area contributed by atoms with Crippen LogP contribution < -0.4 is 5.32 Å². The average molecular weight is 316 g/mol. The second-order valence-electron chi connectivity index (χ2n) is 6.55. The molecule has 1 N–H and O–H groups in total. The molecule has 0 saturated carbocycles. The van der Waals surface area contributed by atoms with Crippen LogP contribution in [0.4, 0.5) is 0 Å². The minimum Gasteiger partial charge on any atom is -0.341 e. The summed E-state index contributed by atoms with van der Waals surface area (Å²) in [5.41, 5.74) is 0.478. The van der Waals surface area contributed by atoms with Crippen molar-refractivity contribution in [2.45, 2.75) is 38.5 Å². The molecule has 0 aliphatic carbocycles. The molecule has 0 aromatic heterocycles. The van der Waals surface area contributed by atoms with Crippen LogP contribution in [0.2, 0.25) is 0 Å². The lowest BCUT2D eigenvalue weighted by atomic mass is 9.71. The van der Waals surface area contributed by atoms with E-state index in [4.69, 9.17) is 0 Å². The number of halogens is 1. The molecular formula is C15H26ClN3O2. The first-order valence-electron chi connectivity index (χ1n) is 7.95. The first kappa shape index (κ1) is 16.6. The van der Waals surface area contributed by atoms with E-state index in [0.717, 1.165) is 52.0 Å². The van der Waals surface area contributed by atoms with Gasteiger partial charge in [0, 0.05) is 26.1 Å². The Bertz CT molecular complexity index is 386. The highest BCUT2D eigenvalue weighted by Crippen LogP contribution is 2.39. The molecule has 0 aromatic carbocycles. The summed E-state index contributed by atoms with van der Waals surface area (Å²) in [6, 6.07) is 0. The zero-order chi connectivity index (χ0) is 14.0. The van der Waals surface area contributed by atoms with Gasteiger partial charge in [0.25, 0.3) is 0 Å². The number of hydrogen-bond acceptors (Lipinski definition) is 3. The molecule has 0 unspecified atom stereocenters. The topological polar surface area (TPSA) is 52.7 Å². The number of rotatable bonds is 2. The predicted octanol–water partition coefficient (Wildman–Crippen LogP) is 1.02. The van der Waals surface area contributed by atoms with E-state index in [-0.39, 0.29) is 24.2 Å². The van der Waals surface area contributed by atoms with Crippen LogP contribution in [0.15, 0.2) is 0 Å². The second kappa shape index (κ2) is 6.97. The molecular weight excluding hydrogens is 290 g/mol. The monoisotopic (exact) mass is 315 g/mol. The van der Waals surface area contributed by atoms with Crippen molar-refractivity contribution >= 4 is 24.2 Å². The smallest absolute Gasteiger partial charge is 0.242 e. The second-order valence-corrected chi connectivity index (χ2v) is 6.55. The Morgan fingerprint density at radius 2 is 1.76 bits per heavy atom. The molecule has 2 amide bonds. The van der Waals surface area contributed by atoms with Crippen LogP contribution in [0.3, 0.4) is 0 Å². The van der Waals surface area contributed by atoms with E-state index in [1.807, 2.05) is 4.90 Å². The summed E-state index contributed by atoms with van der Waals surface area (Å²) in [5.74, 6) is 0.286. The number of piperidine rings is 2. The average Bonchev–Trinajstić information content (AvgIpc) is 2.86. The molecule has 3 saturated heterocycles. The number of carbonyl (C=O) groups excluding carboxylic acids is 2. The summed E-state index contributed by atoms with van der Waals surface area (Å²) < 4.78 is 0. The first-order chi connectivity index (χ1) is 9.69. The highest BCUT2D eigenvalue weighted by Gasteiger charge is 2.37. The Hall–Kier alpha value is -0.810. The van der Waals surface area contributed by atoms with Crippen molar-refractivity contribution in [3.8, 4) is 0 Å². The molecule has 3 rings (SSSR count). The van der Waals surface area contributed by atoms with Gasteiger partial charge in [-0.2, -0.15) is 0 Å². The third-order valence-electron chi connectivity index (χ3n) is 5.34. The molecule has 3 heterocycles. The maximum atomic E-state index is 12.3. The van der Waals surface area contributed by atoms with Gasteiger partial charge in [-0.05, 0) is 50.6 Å². The molecule has 3 aliphatic rings. The van der Waals surface area contributed by atoms with Crippen molar-refractivity contribution in [2.24, 2.45) is 5.41 Å². The molecule has 1 spiro atoms. The van der Waals surface area contributed by atoms with Gasteiger partial charge >= 0.3 is 0 Å². The molecule has 0 bridgehead atoms. The van der Waals surface area contributed by atoms with E-state index in [1.165, 1.54) is 12.8 Å². The van der Waals surface area contributed by atoms with Gasteiger partial charge in [-0.15, -0.1) is 12.4 Å². The standard InChI is InChI=1S/C15H25N3O2.ClH/c19-13-2-1-9-18(13)12-14(20)17-10-5-15(6-11-17)3-7-16-8-4-15;/h16H,1-12H2;1H. The zero-order valence-corrected chi connectivity index (χ0v) is 13.4. The maximum Gasteiger partial charge on any atom is 0.242 e. The lowest BCUT2D eigenvalue weighted by Gasteiger charge is -2.44. The quantitative estimate of drug-likeness (QED) is 0.828. The van der Waals surface area contributed by atoms with Crippen LogP contribution in [0.1, 0.15) is 38.5 Å². The molecule has 3 aliphatic heterocycles. The van der Waals surface area contributed by atoms with Crippen LogP contribution >= 0.6 is 12.4 Å². The molecule has 5 nitrogen and oxygen atoms in total. The van der Waals surface area contributed by atoms with Gasteiger partial charge in [-0.3, -0.25) is 9.59 Å². The van der Waals surface area contributed by atoms with Crippen LogP contribution in [0.25, 0.3) is 0 Å². The van der Waals surface area contributed by atoms with Gasteiger partial charge in [-0.1, -0.05) is 0 Å². The Kier molecular flexibility index (Phi) is 5.49. The van der Waals surface area contributed by atoms with Gasteiger partial charge in [0.2, 0.25) is 11.8 Å². The van der Waals surface area contributed by atoms with Crippen LogP contribution in [-0.4, -0.2) is 60.9 Å². The minimum absolute atomic E-state index is 0. The lowest BCUT2D eigenvalue weighted by Crippen LogP contribution is -2.49. The van der Waals surface area contributed by atoms with Crippen molar-refractivity contribution in [3.63, 3.8) is 0 Å². The molecule has 0 aromatic rings. The van der Waals surface area contributed by atoms with Crippen molar-refractivity contribution < 1.29 is 9.59 Å². The summed E-state index contributed by atoms with van der Waals surface area (Å²) >= 11 is 0. The Morgan fingerprint density at radius 1 is 1.10 bits per heavy atom. The summed E-state index contributed by atoms with van der Waals surface area (Å²) in [6.07, 6.45) is 6.29. The predicted molar refractivity (Wildman–Crippen MR) is 83.4 cm³/mol.